The van der Waals surface area contributed by atoms with Crippen molar-refractivity contribution in [2.75, 3.05) is 7.05 Å². The van der Waals surface area contributed by atoms with Crippen molar-refractivity contribution in [3.63, 3.8) is 0 Å². The Hall–Kier alpha value is -0.0400. The van der Waals surface area contributed by atoms with Crippen molar-refractivity contribution in [2.45, 2.75) is 59.4 Å². The molecule has 0 heterocycles. The summed E-state index contributed by atoms with van der Waals surface area (Å²) in [5, 5.41) is 3.56. The van der Waals surface area contributed by atoms with Gasteiger partial charge in [0.25, 0.3) is 0 Å². The van der Waals surface area contributed by atoms with Gasteiger partial charge in [-0.1, -0.05) is 34.1 Å². The Morgan fingerprint density at radius 2 is 1.23 bits per heavy atom. The van der Waals surface area contributed by atoms with Gasteiger partial charge < -0.3 is 5.32 Å². The number of rotatable bonds is 1. The highest BCUT2D eigenvalue weighted by atomic mass is 15.0. The fourth-order valence-electron chi connectivity index (χ4n) is 3.07. The molecule has 0 aromatic rings. The van der Waals surface area contributed by atoms with E-state index in [4.69, 9.17) is 0 Å². The first kappa shape index (κ1) is 11.0. The van der Waals surface area contributed by atoms with E-state index in [-0.39, 0.29) is 5.54 Å². The number of nitrogens with one attached hydrogen (secondary N) is 1. The Kier molecular flexibility index (Phi) is 2.53. The predicted molar refractivity (Wildman–Crippen MR) is 58.9 cm³/mol. The van der Waals surface area contributed by atoms with Gasteiger partial charge in [0, 0.05) is 5.54 Å². The van der Waals surface area contributed by atoms with Crippen molar-refractivity contribution in [3.05, 3.63) is 0 Å². The van der Waals surface area contributed by atoms with E-state index in [1.165, 1.54) is 19.3 Å². The summed E-state index contributed by atoms with van der Waals surface area (Å²) in [6, 6.07) is 0. The van der Waals surface area contributed by atoms with E-state index < -0.39 is 0 Å². The molecule has 1 heteroatoms. The van der Waals surface area contributed by atoms with Gasteiger partial charge in [0.1, 0.15) is 0 Å². The van der Waals surface area contributed by atoms with Crippen LogP contribution in [-0.2, 0) is 0 Å². The molecule has 0 unspecified atom stereocenters. The minimum absolute atomic E-state index is 0.262. The van der Waals surface area contributed by atoms with Crippen molar-refractivity contribution < 1.29 is 0 Å². The molecule has 1 nitrogen and oxygen atoms in total. The highest BCUT2D eigenvalue weighted by Gasteiger charge is 2.52. The molecule has 1 aliphatic rings. The second-order valence-corrected chi connectivity index (χ2v) is 6.00. The molecule has 1 aliphatic carbocycles. The van der Waals surface area contributed by atoms with Gasteiger partial charge in [-0.05, 0) is 37.6 Å². The van der Waals surface area contributed by atoms with Gasteiger partial charge in [-0.3, -0.25) is 0 Å². The lowest BCUT2D eigenvalue weighted by atomic mass is 9.53. The summed E-state index contributed by atoms with van der Waals surface area (Å²) < 4.78 is 0. The highest BCUT2D eigenvalue weighted by Crippen LogP contribution is 2.53. The van der Waals surface area contributed by atoms with E-state index in [9.17, 15) is 0 Å². The molecule has 0 aromatic carbocycles. The van der Waals surface area contributed by atoms with Crippen LogP contribution in [0.4, 0.5) is 0 Å². The molecule has 1 fully saturated rings. The first-order valence-corrected chi connectivity index (χ1v) is 5.46. The van der Waals surface area contributed by atoms with Gasteiger partial charge in [0.15, 0.2) is 0 Å². The molecule has 0 saturated heterocycles. The molecule has 1 N–H and O–H groups in total. The van der Waals surface area contributed by atoms with Gasteiger partial charge in [-0.2, -0.15) is 0 Å². The third-order valence-corrected chi connectivity index (χ3v) is 4.81. The van der Waals surface area contributed by atoms with E-state index in [2.05, 4.69) is 47.0 Å². The molecule has 0 aliphatic heterocycles. The summed E-state index contributed by atoms with van der Waals surface area (Å²) in [5.74, 6) is 0. The van der Waals surface area contributed by atoms with E-state index in [0.29, 0.717) is 10.8 Å². The molecule has 1 saturated carbocycles. The molecular formula is C12H25N. The largest absolute Gasteiger partial charge is 0.313 e. The van der Waals surface area contributed by atoms with Crippen LogP contribution in [0.1, 0.15) is 53.9 Å². The Morgan fingerprint density at radius 1 is 0.846 bits per heavy atom. The van der Waals surface area contributed by atoms with Crippen LogP contribution in [0.15, 0.2) is 0 Å². The summed E-state index contributed by atoms with van der Waals surface area (Å²) in [4.78, 5) is 0. The monoisotopic (exact) mass is 183 g/mol. The summed E-state index contributed by atoms with van der Waals surface area (Å²) >= 11 is 0. The standard InChI is InChI=1S/C12H25N/c1-10(2)8-7-9-11(3,4)12(10,5)13-6/h13H,7-9H2,1-6H3. The topological polar surface area (TPSA) is 12.0 Å². The Labute approximate surface area is 83.3 Å². The molecule has 0 atom stereocenters. The van der Waals surface area contributed by atoms with Crippen LogP contribution >= 0.6 is 0 Å². The molecular weight excluding hydrogens is 158 g/mol. The third kappa shape index (κ3) is 1.41. The zero-order chi connectivity index (χ0) is 10.3. The molecule has 0 radical (unpaired) electrons. The van der Waals surface area contributed by atoms with Gasteiger partial charge in [-0.25, -0.2) is 0 Å². The summed E-state index contributed by atoms with van der Waals surface area (Å²) in [6.45, 7) is 12.0. The van der Waals surface area contributed by atoms with Crippen LogP contribution in [0.3, 0.4) is 0 Å². The summed E-state index contributed by atoms with van der Waals surface area (Å²) in [6.07, 6.45) is 4.05. The first-order valence-electron chi connectivity index (χ1n) is 5.46. The maximum Gasteiger partial charge on any atom is 0.0252 e. The van der Waals surface area contributed by atoms with Crippen LogP contribution in [0, 0.1) is 10.8 Å². The quantitative estimate of drug-likeness (QED) is 0.658. The minimum atomic E-state index is 0.262. The van der Waals surface area contributed by atoms with Gasteiger partial charge in [0.2, 0.25) is 0 Å². The van der Waals surface area contributed by atoms with Crippen molar-refractivity contribution in [2.24, 2.45) is 10.8 Å². The normalized spacial score (nSPS) is 30.0. The minimum Gasteiger partial charge on any atom is -0.313 e. The summed E-state index contributed by atoms with van der Waals surface area (Å²) in [7, 11) is 2.11. The van der Waals surface area contributed by atoms with Crippen molar-refractivity contribution in [3.8, 4) is 0 Å². The SMILES string of the molecule is CNC1(C)C(C)(C)CCCC1(C)C. The van der Waals surface area contributed by atoms with Gasteiger partial charge in [-0.15, -0.1) is 0 Å². The second-order valence-electron chi connectivity index (χ2n) is 6.00. The van der Waals surface area contributed by atoms with Crippen LogP contribution in [0.25, 0.3) is 0 Å². The average Bonchev–Trinajstić information content (AvgIpc) is 1.99. The summed E-state index contributed by atoms with van der Waals surface area (Å²) in [5.41, 5.74) is 1.07. The van der Waals surface area contributed by atoms with Crippen molar-refractivity contribution in [1.82, 2.24) is 5.32 Å². The van der Waals surface area contributed by atoms with Gasteiger partial charge in [0.05, 0.1) is 0 Å². The number of hydrogen-bond acceptors (Lipinski definition) is 1. The molecule has 0 spiro atoms. The fraction of sp³-hybridized carbons (Fsp3) is 1.00. The maximum atomic E-state index is 3.56. The Balaban J connectivity index is 3.05. The molecule has 0 aromatic heterocycles. The second kappa shape index (κ2) is 2.98. The van der Waals surface area contributed by atoms with E-state index >= 15 is 0 Å². The zero-order valence-corrected chi connectivity index (χ0v) is 10.1. The lowest BCUT2D eigenvalue weighted by Gasteiger charge is -2.58. The lowest BCUT2D eigenvalue weighted by Crippen LogP contribution is -2.63. The first-order chi connectivity index (χ1) is 5.77. The fourth-order valence-corrected chi connectivity index (χ4v) is 3.07. The van der Waals surface area contributed by atoms with Crippen LogP contribution < -0.4 is 5.32 Å². The molecule has 1 rings (SSSR count). The highest BCUT2D eigenvalue weighted by molar-refractivity contribution is 5.08. The third-order valence-electron chi connectivity index (χ3n) is 4.81. The number of hydrogen-bond donors (Lipinski definition) is 1. The van der Waals surface area contributed by atoms with Crippen LogP contribution in [-0.4, -0.2) is 12.6 Å². The van der Waals surface area contributed by atoms with E-state index in [1.807, 2.05) is 0 Å². The van der Waals surface area contributed by atoms with Crippen LogP contribution in [0.5, 0.6) is 0 Å². The van der Waals surface area contributed by atoms with Gasteiger partial charge >= 0.3 is 0 Å². The zero-order valence-electron chi connectivity index (χ0n) is 10.1. The Bertz CT molecular complexity index is 175. The molecule has 0 amide bonds. The van der Waals surface area contributed by atoms with E-state index in [1.54, 1.807) is 0 Å². The molecule has 13 heavy (non-hydrogen) atoms. The maximum absolute atomic E-state index is 3.56. The predicted octanol–water partition coefficient (Wildman–Crippen LogP) is 3.20. The average molecular weight is 183 g/mol. The van der Waals surface area contributed by atoms with Crippen molar-refractivity contribution >= 4 is 0 Å². The lowest BCUT2D eigenvalue weighted by molar-refractivity contribution is -0.0272. The van der Waals surface area contributed by atoms with Crippen LogP contribution in [0.2, 0.25) is 0 Å². The Morgan fingerprint density at radius 3 is 1.46 bits per heavy atom. The molecule has 0 bridgehead atoms. The van der Waals surface area contributed by atoms with E-state index in [0.717, 1.165) is 0 Å². The smallest absolute Gasteiger partial charge is 0.0252 e. The molecule has 78 valence electrons. The van der Waals surface area contributed by atoms with Crippen molar-refractivity contribution in [1.29, 1.82) is 0 Å².